The molecule has 3 aliphatic rings. The monoisotopic (exact) mass is 293 g/mol. The lowest BCUT2D eigenvalue weighted by atomic mass is 9.80. The summed E-state index contributed by atoms with van der Waals surface area (Å²) < 4.78 is 0. The Morgan fingerprint density at radius 3 is 1.38 bits per heavy atom. The van der Waals surface area contributed by atoms with Crippen LogP contribution in [-0.2, 0) is 0 Å². The van der Waals surface area contributed by atoms with Gasteiger partial charge in [-0.2, -0.15) is 0 Å². The zero-order chi connectivity index (χ0) is 14.8. The van der Waals surface area contributed by atoms with Crippen molar-refractivity contribution in [2.45, 2.75) is 103 Å². The Balaban J connectivity index is 1.90. The summed E-state index contributed by atoms with van der Waals surface area (Å²) in [6, 6.07) is 0. The van der Waals surface area contributed by atoms with Gasteiger partial charge in [0.15, 0.2) is 0 Å². The number of oxime groups is 1. The van der Waals surface area contributed by atoms with Gasteiger partial charge >= 0.3 is 0 Å². The summed E-state index contributed by atoms with van der Waals surface area (Å²) in [4.78, 5) is 0. The first-order valence-corrected chi connectivity index (χ1v) is 9.58. The van der Waals surface area contributed by atoms with Crippen LogP contribution in [0.15, 0.2) is 5.16 Å². The Morgan fingerprint density at radius 1 is 0.571 bits per heavy atom. The van der Waals surface area contributed by atoms with Gasteiger partial charge in [-0.1, -0.05) is 95.0 Å². The fourth-order valence-electron chi connectivity index (χ4n) is 4.33. The summed E-state index contributed by atoms with van der Waals surface area (Å²) in [7, 11) is 0. The average molecular weight is 293 g/mol. The molecule has 0 heterocycles. The molecular weight excluding hydrogens is 258 g/mol. The highest BCUT2D eigenvalue weighted by Crippen LogP contribution is 2.31. The molecule has 0 aromatic heterocycles. The van der Waals surface area contributed by atoms with E-state index in [1.807, 2.05) is 0 Å². The van der Waals surface area contributed by atoms with E-state index in [0.717, 1.165) is 30.4 Å². The van der Waals surface area contributed by atoms with Crippen LogP contribution in [0.2, 0.25) is 0 Å². The minimum absolute atomic E-state index is 0.782. The molecule has 2 heteroatoms. The second-order valence-electron chi connectivity index (χ2n) is 7.50. The molecule has 1 N–H and O–H groups in total. The van der Waals surface area contributed by atoms with Gasteiger partial charge in [0.05, 0.1) is 5.71 Å². The lowest BCUT2D eigenvalue weighted by Gasteiger charge is -2.25. The van der Waals surface area contributed by atoms with E-state index in [4.69, 9.17) is 0 Å². The summed E-state index contributed by atoms with van der Waals surface area (Å²) in [5, 5.41) is 13.0. The smallest absolute Gasteiger partial charge is 0.0576 e. The Bertz CT molecular complexity index is 272. The largest absolute Gasteiger partial charge is 0.411 e. The van der Waals surface area contributed by atoms with Crippen LogP contribution in [0.5, 0.6) is 0 Å². The predicted molar refractivity (Wildman–Crippen MR) is 90.1 cm³/mol. The van der Waals surface area contributed by atoms with Crippen LogP contribution >= 0.6 is 0 Å². The van der Waals surface area contributed by atoms with Gasteiger partial charge in [0.2, 0.25) is 0 Å². The van der Waals surface area contributed by atoms with Crippen LogP contribution in [0.25, 0.3) is 0 Å². The highest BCUT2D eigenvalue weighted by Gasteiger charge is 2.21. The molecule has 2 bridgehead atoms. The van der Waals surface area contributed by atoms with Gasteiger partial charge < -0.3 is 5.21 Å². The zero-order valence-electron chi connectivity index (χ0n) is 13.9. The first-order chi connectivity index (χ1) is 10.4. The molecule has 0 saturated heterocycles. The van der Waals surface area contributed by atoms with Crippen LogP contribution in [0, 0.1) is 11.8 Å². The van der Waals surface area contributed by atoms with Gasteiger partial charge in [-0.15, -0.1) is 0 Å². The molecule has 3 saturated carbocycles. The van der Waals surface area contributed by atoms with Crippen LogP contribution in [-0.4, -0.2) is 10.9 Å². The second-order valence-corrected chi connectivity index (χ2v) is 7.50. The normalized spacial score (nSPS) is 30.8. The molecule has 0 spiro atoms. The van der Waals surface area contributed by atoms with Gasteiger partial charge in [0.1, 0.15) is 0 Å². The highest BCUT2D eigenvalue weighted by molar-refractivity contribution is 5.84. The maximum Gasteiger partial charge on any atom is 0.0576 e. The topological polar surface area (TPSA) is 32.6 Å². The number of hydrogen-bond donors (Lipinski definition) is 1. The number of rotatable bonds is 0. The van der Waals surface area contributed by atoms with Crippen molar-refractivity contribution >= 4 is 5.71 Å². The Morgan fingerprint density at radius 2 is 0.952 bits per heavy atom. The summed E-state index contributed by atoms with van der Waals surface area (Å²) in [5.74, 6) is 1.56. The van der Waals surface area contributed by atoms with Crippen molar-refractivity contribution in [3.63, 3.8) is 0 Å². The summed E-state index contributed by atoms with van der Waals surface area (Å²) >= 11 is 0. The number of nitrogens with zero attached hydrogens (tertiary/aromatic N) is 1. The minimum Gasteiger partial charge on any atom is -0.411 e. The van der Waals surface area contributed by atoms with Crippen LogP contribution in [0.3, 0.4) is 0 Å². The van der Waals surface area contributed by atoms with Crippen LogP contribution in [0.4, 0.5) is 0 Å². The molecule has 2 nitrogen and oxygen atoms in total. The number of hydrogen-bond acceptors (Lipinski definition) is 2. The molecule has 21 heavy (non-hydrogen) atoms. The van der Waals surface area contributed by atoms with E-state index < -0.39 is 0 Å². The molecule has 0 aliphatic heterocycles. The van der Waals surface area contributed by atoms with E-state index in [-0.39, 0.29) is 0 Å². The van der Waals surface area contributed by atoms with E-state index in [1.165, 1.54) is 89.9 Å². The molecule has 0 amide bonds. The molecule has 3 rings (SSSR count). The van der Waals surface area contributed by atoms with E-state index in [0.29, 0.717) is 0 Å². The summed E-state index contributed by atoms with van der Waals surface area (Å²) in [5.41, 5.74) is 1.09. The lowest BCUT2D eigenvalue weighted by molar-refractivity contribution is 0.300. The van der Waals surface area contributed by atoms with Crippen molar-refractivity contribution < 1.29 is 5.21 Å². The maximum absolute atomic E-state index is 9.32. The van der Waals surface area contributed by atoms with Crippen molar-refractivity contribution in [2.24, 2.45) is 17.0 Å². The highest BCUT2D eigenvalue weighted by atomic mass is 16.4. The third-order valence-corrected chi connectivity index (χ3v) is 5.64. The molecular formula is C19H35NO. The zero-order valence-corrected chi connectivity index (χ0v) is 13.9. The third kappa shape index (κ3) is 6.84. The van der Waals surface area contributed by atoms with Gasteiger partial charge in [0, 0.05) is 0 Å². The minimum atomic E-state index is 0.782. The van der Waals surface area contributed by atoms with Crippen molar-refractivity contribution in [3.8, 4) is 0 Å². The molecule has 0 aromatic carbocycles. The maximum atomic E-state index is 9.32. The first kappa shape index (κ1) is 16.8. The number of fused-ring (bicyclic) bond motifs is 14. The van der Waals surface area contributed by atoms with Gasteiger partial charge in [-0.3, -0.25) is 0 Å². The first-order valence-electron chi connectivity index (χ1n) is 9.58. The standard InChI is InChI=1S/C19H35NO/c21-20-19-15-17-11-8-6-4-2-1-3-5-7-9-12-18(16-19)14-10-13-17/h17-18,21H,1-16H2. The third-order valence-electron chi connectivity index (χ3n) is 5.64. The Labute approximate surface area is 131 Å². The predicted octanol–water partition coefficient (Wildman–Crippen LogP) is 6.32. The summed E-state index contributed by atoms with van der Waals surface area (Å²) in [6.45, 7) is 0. The molecule has 2 unspecified atom stereocenters. The van der Waals surface area contributed by atoms with Gasteiger partial charge in [-0.05, 0) is 24.7 Å². The average Bonchev–Trinajstić information content (AvgIpc) is 2.46. The fraction of sp³-hybridized carbons (Fsp3) is 0.947. The van der Waals surface area contributed by atoms with Crippen LogP contribution in [0.1, 0.15) is 103 Å². The van der Waals surface area contributed by atoms with E-state index in [1.54, 1.807) is 0 Å². The van der Waals surface area contributed by atoms with Crippen molar-refractivity contribution in [3.05, 3.63) is 0 Å². The SMILES string of the molecule is ON=C1CC2CCCCCCCCCCCC(CCC2)C1. The molecule has 122 valence electrons. The molecule has 3 aliphatic carbocycles. The van der Waals surface area contributed by atoms with Gasteiger partial charge in [0.25, 0.3) is 0 Å². The van der Waals surface area contributed by atoms with Gasteiger partial charge in [-0.25, -0.2) is 0 Å². The van der Waals surface area contributed by atoms with Crippen molar-refractivity contribution in [1.82, 2.24) is 0 Å². The fourth-order valence-corrected chi connectivity index (χ4v) is 4.33. The van der Waals surface area contributed by atoms with Crippen molar-refractivity contribution in [2.75, 3.05) is 0 Å². The van der Waals surface area contributed by atoms with E-state index in [9.17, 15) is 5.21 Å². The Kier molecular flexibility index (Phi) is 8.21. The molecule has 0 aromatic rings. The molecule has 0 radical (unpaired) electrons. The van der Waals surface area contributed by atoms with E-state index >= 15 is 0 Å². The Hall–Kier alpha value is -0.530. The quantitative estimate of drug-likeness (QED) is 0.411. The lowest BCUT2D eigenvalue weighted by Crippen LogP contribution is -2.18. The molecule has 2 atom stereocenters. The summed E-state index contributed by atoms with van der Waals surface area (Å²) in [6.07, 6.45) is 21.7. The molecule has 3 fully saturated rings. The van der Waals surface area contributed by atoms with E-state index in [2.05, 4.69) is 5.16 Å². The van der Waals surface area contributed by atoms with Crippen LogP contribution < -0.4 is 0 Å². The van der Waals surface area contributed by atoms with Crippen molar-refractivity contribution in [1.29, 1.82) is 0 Å². The second kappa shape index (κ2) is 10.2.